The first-order valence-electron chi connectivity index (χ1n) is 3.79. The van der Waals surface area contributed by atoms with Crippen molar-refractivity contribution < 1.29 is 4.84 Å². The van der Waals surface area contributed by atoms with Crippen LogP contribution in [0.25, 0.3) is 0 Å². The number of rotatable bonds is 1. The van der Waals surface area contributed by atoms with Gasteiger partial charge in [-0.3, -0.25) is 5.23 Å². The van der Waals surface area contributed by atoms with Gasteiger partial charge < -0.3 is 10.0 Å². The first kappa shape index (κ1) is 10.9. The Hall–Kier alpha value is -0.120. The lowest BCUT2D eigenvalue weighted by molar-refractivity contribution is -0.237. The summed E-state index contributed by atoms with van der Waals surface area (Å²) in [5.74, 6) is 0. The van der Waals surface area contributed by atoms with Crippen molar-refractivity contribution in [2.45, 2.75) is 52.7 Å². The third kappa shape index (κ3) is 5.18. The smallest absolute Gasteiger partial charge is 0.0804 e. The van der Waals surface area contributed by atoms with Crippen LogP contribution in [0.3, 0.4) is 0 Å². The van der Waals surface area contributed by atoms with Crippen LogP contribution in [-0.2, 0) is 4.84 Å². The van der Waals surface area contributed by atoms with E-state index in [9.17, 15) is 5.21 Å². The van der Waals surface area contributed by atoms with Gasteiger partial charge in [0.15, 0.2) is 0 Å². The molecule has 0 rings (SSSR count). The van der Waals surface area contributed by atoms with Gasteiger partial charge in [-0.25, -0.2) is 0 Å². The third-order valence-corrected chi connectivity index (χ3v) is 0.904. The summed E-state index contributed by atoms with van der Waals surface area (Å²) in [6.07, 6.45) is 0. The number of hydrogen-bond acceptors (Lipinski definition) is 3. The quantitative estimate of drug-likeness (QED) is 0.552. The fraction of sp³-hybridized carbons (Fsp3) is 1.00. The summed E-state index contributed by atoms with van der Waals surface area (Å²) in [5, 5.41) is 11.8. The highest BCUT2D eigenvalue weighted by molar-refractivity contribution is 4.71. The summed E-state index contributed by atoms with van der Waals surface area (Å²) in [6.45, 7) is 11.0. The zero-order valence-corrected chi connectivity index (χ0v) is 8.26. The van der Waals surface area contributed by atoms with E-state index in [1.807, 2.05) is 41.5 Å². The van der Waals surface area contributed by atoms with Gasteiger partial charge in [0.05, 0.1) is 5.60 Å². The third-order valence-electron chi connectivity index (χ3n) is 0.904. The van der Waals surface area contributed by atoms with Crippen LogP contribution >= 0.6 is 0 Å². The second-order valence-electron chi connectivity index (χ2n) is 4.63. The average molecular weight is 160 g/mol. The Morgan fingerprint density at radius 3 is 1.45 bits per heavy atom. The minimum Gasteiger partial charge on any atom is -0.762 e. The maximum absolute atomic E-state index is 11.2. The lowest BCUT2D eigenvalue weighted by Gasteiger charge is -2.43. The summed E-state index contributed by atoms with van der Waals surface area (Å²) >= 11 is 0. The molecule has 0 aromatic heterocycles. The standard InChI is InChI=1S/C8H18NO2/c1-7(2,3)9(10)11-8(4,5)6/h1-6H3/q-1. The summed E-state index contributed by atoms with van der Waals surface area (Å²) in [7, 11) is 0. The van der Waals surface area contributed by atoms with Crippen LogP contribution in [0.1, 0.15) is 41.5 Å². The van der Waals surface area contributed by atoms with Crippen molar-refractivity contribution in [1.82, 2.24) is 5.23 Å². The van der Waals surface area contributed by atoms with Crippen molar-refractivity contribution in [2.24, 2.45) is 0 Å². The lowest BCUT2D eigenvalue weighted by Crippen LogP contribution is -2.41. The molecular formula is C8H18NO2-. The Morgan fingerprint density at radius 1 is 1.00 bits per heavy atom. The van der Waals surface area contributed by atoms with Gasteiger partial charge in [0, 0.05) is 5.54 Å². The Labute approximate surface area is 68.9 Å². The van der Waals surface area contributed by atoms with Crippen LogP contribution < -0.4 is 0 Å². The van der Waals surface area contributed by atoms with Crippen LogP contribution in [0.15, 0.2) is 0 Å². The monoisotopic (exact) mass is 160 g/mol. The molecule has 0 aromatic rings. The van der Waals surface area contributed by atoms with Crippen molar-refractivity contribution in [2.75, 3.05) is 0 Å². The molecule has 0 aliphatic rings. The number of hydrogen-bond donors (Lipinski definition) is 0. The summed E-state index contributed by atoms with van der Waals surface area (Å²) in [5.41, 5.74) is -0.887. The van der Waals surface area contributed by atoms with Gasteiger partial charge in [0.1, 0.15) is 0 Å². The van der Waals surface area contributed by atoms with E-state index in [4.69, 9.17) is 4.84 Å². The highest BCUT2D eigenvalue weighted by Gasteiger charge is 2.19. The van der Waals surface area contributed by atoms with Gasteiger partial charge in [0.2, 0.25) is 0 Å². The van der Waals surface area contributed by atoms with E-state index in [-0.39, 0.29) is 0 Å². The minimum absolute atomic E-state index is 0.408. The van der Waals surface area contributed by atoms with E-state index in [0.717, 1.165) is 0 Å². The molecule has 3 nitrogen and oxygen atoms in total. The predicted molar refractivity (Wildman–Crippen MR) is 45.8 cm³/mol. The van der Waals surface area contributed by atoms with Gasteiger partial charge in [-0.2, -0.15) is 0 Å². The van der Waals surface area contributed by atoms with Crippen molar-refractivity contribution in [3.63, 3.8) is 0 Å². The zero-order chi connectivity index (χ0) is 9.28. The molecule has 0 atom stereocenters. The Morgan fingerprint density at radius 2 is 1.36 bits per heavy atom. The van der Waals surface area contributed by atoms with E-state index in [2.05, 4.69) is 0 Å². The maximum Gasteiger partial charge on any atom is 0.0804 e. The average Bonchev–Trinajstić information content (AvgIpc) is 1.56. The molecule has 0 fully saturated rings. The van der Waals surface area contributed by atoms with Crippen molar-refractivity contribution in [3.8, 4) is 0 Å². The van der Waals surface area contributed by atoms with E-state index in [1.165, 1.54) is 0 Å². The molecule has 0 amide bonds. The van der Waals surface area contributed by atoms with Gasteiger partial charge in [-0.15, -0.1) is 0 Å². The molecule has 0 bridgehead atoms. The van der Waals surface area contributed by atoms with Gasteiger partial charge in [-0.05, 0) is 41.5 Å². The summed E-state index contributed by atoms with van der Waals surface area (Å²) in [6, 6.07) is 0. The molecule has 0 spiro atoms. The molecule has 0 N–H and O–H groups in total. The predicted octanol–water partition coefficient (Wildman–Crippen LogP) is 2.31. The minimum atomic E-state index is -0.479. The van der Waals surface area contributed by atoms with Gasteiger partial charge in [0.25, 0.3) is 0 Å². The first-order chi connectivity index (χ1) is 4.63. The summed E-state index contributed by atoms with van der Waals surface area (Å²) < 4.78 is 0. The molecule has 0 saturated carbocycles. The Balaban J connectivity index is 3.99. The van der Waals surface area contributed by atoms with Crippen molar-refractivity contribution >= 4 is 0 Å². The molecule has 0 aliphatic carbocycles. The Bertz CT molecular complexity index is 121. The Kier molecular flexibility index (Phi) is 3.06. The fourth-order valence-corrected chi connectivity index (χ4v) is 0.386. The molecule has 11 heavy (non-hydrogen) atoms. The molecule has 0 aromatic carbocycles. The molecule has 0 radical (unpaired) electrons. The molecule has 0 unspecified atom stereocenters. The van der Waals surface area contributed by atoms with Gasteiger partial charge in [-0.1, -0.05) is 0 Å². The SMILES string of the molecule is CC(C)(C)ON([O-])C(C)(C)C. The topological polar surface area (TPSA) is 35.5 Å². The van der Waals surface area contributed by atoms with Crippen LogP contribution in [0.5, 0.6) is 0 Å². The highest BCUT2D eigenvalue weighted by Crippen LogP contribution is 2.17. The number of nitrogens with zero attached hydrogens (tertiary/aromatic N) is 1. The van der Waals surface area contributed by atoms with Crippen LogP contribution in [-0.4, -0.2) is 16.4 Å². The highest BCUT2D eigenvalue weighted by atomic mass is 16.9. The normalized spacial score (nSPS) is 14.2. The van der Waals surface area contributed by atoms with Crippen molar-refractivity contribution in [1.29, 1.82) is 0 Å². The van der Waals surface area contributed by atoms with Crippen LogP contribution in [0.4, 0.5) is 0 Å². The molecule has 0 aliphatic heterocycles. The van der Waals surface area contributed by atoms with E-state index in [0.29, 0.717) is 5.23 Å². The summed E-state index contributed by atoms with van der Waals surface area (Å²) in [4.78, 5) is 5.08. The van der Waals surface area contributed by atoms with Crippen molar-refractivity contribution in [3.05, 3.63) is 5.21 Å². The first-order valence-corrected chi connectivity index (χ1v) is 3.79. The fourth-order valence-electron chi connectivity index (χ4n) is 0.386. The lowest BCUT2D eigenvalue weighted by atomic mass is 10.1. The van der Waals surface area contributed by atoms with Gasteiger partial charge >= 0.3 is 0 Å². The maximum atomic E-state index is 11.2. The van der Waals surface area contributed by atoms with E-state index >= 15 is 0 Å². The molecular weight excluding hydrogens is 142 g/mol. The van der Waals surface area contributed by atoms with E-state index in [1.54, 1.807) is 0 Å². The van der Waals surface area contributed by atoms with Crippen LogP contribution in [0.2, 0.25) is 0 Å². The largest absolute Gasteiger partial charge is 0.762 e. The second-order valence-corrected chi connectivity index (χ2v) is 4.63. The molecule has 3 heteroatoms. The molecule has 0 saturated heterocycles. The molecule has 68 valence electrons. The molecule has 0 heterocycles. The van der Waals surface area contributed by atoms with Crippen LogP contribution in [0, 0.1) is 5.21 Å². The number of hydroxylamine groups is 2. The van der Waals surface area contributed by atoms with E-state index < -0.39 is 11.1 Å². The zero-order valence-electron chi connectivity index (χ0n) is 8.26. The second kappa shape index (κ2) is 3.09.